The molecule has 0 unspecified atom stereocenters. The van der Waals surface area contributed by atoms with Crippen LogP contribution in [0, 0.1) is 0 Å². The summed E-state index contributed by atoms with van der Waals surface area (Å²) in [7, 11) is 0. The molecule has 1 amide bonds. The summed E-state index contributed by atoms with van der Waals surface area (Å²) in [5, 5.41) is 6.22. The van der Waals surface area contributed by atoms with Crippen LogP contribution in [0.2, 0.25) is 0 Å². The Kier molecular flexibility index (Phi) is 5.55. The Labute approximate surface area is 116 Å². The van der Waals surface area contributed by atoms with E-state index in [0.717, 1.165) is 5.69 Å². The van der Waals surface area contributed by atoms with Gasteiger partial charge in [-0.2, -0.15) is 0 Å². The highest BCUT2D eigenvalue weighted by atomic mass is 16.1. The molecular weight excluding hydrogens is 236 g/mol. The minimum atomic E-state index is 0.0500. The molecule has 0 saturated heterocycles. The molecule has 19 heavy (non-hydrogen) atoms. The van der Waals surface area contributed by atoms with Crippen molar-refractivity contribution in [2.45, 2.75) is 52.5 Å². The smallest absolute Gasteiger partial charge is 0.225 e. The van der Waals surface area contributed by atoms with Crippen LogP contribution in [0.4, 0.5) is 5.69 Å². The average molecular weight is 262 g/mol. The molecule has 0 aliphatic carbocycles. The van der Waals surface area contributed by atoms with E-state index in [1.54, 1.807) is 0 Å². The van der Waals surface area contributed by atoms with Gasteiger partial charge in [-0.3, -0.25) is 4.79 Å². The summed E-state index contributed by atoms with van der Waals surface area (Å²) in [6, 6.07) is 8.05. The second-order valence-corrected chi connectivity index (χ2v) is 6.25. The van der Waals surface area contributed by atoms with Gasteiger partial charge in [-0.15, -0.1) is 0 Å². The molecule has 0 aliphatic rings. The van der Waals surface area contributed by atoms with E-state index in [1.165, 1.54) is 5.56 Å². The maximum atomic E-state index is 11.8. The van der Waals surface area contributed by atoms with Crippen LogP contribution in [0.25, 0.3) is 0 Å². The van der Waals surface area contributed by atoms with E-state index in [2.05, 4.69) is 57.4 Å². The van der Waals surface area contributed by atoms with Gasteiger partial charge in [-0.25, -0.2) is 0 Å². The summed E-state index contributed by atoms with van der Waals surface area (Å²) >= 11 is 0. The van der Waals surface area contributed by atoms with Gasteiger partial charge in [0.2, 0.25) is 5.91 Å². The zero-order chi connectivity index (χ0) is 14.5. The molecule has 1 rings (SSSR count). The van der Waals surface area contributed by atoms with Crippen molar-refractivity contribution in [3.05, 3.63) is 29.8 Å². The van der Waals surface area contributed by atoms with Crippen LogP contribution in [-0.2, 0) is 4.79 Å². The minimum Gasteiger partial charge on any atom is -0.326 e. The Hall–Kier alpha value is -1.35. The summed E-state index contributed by atoms with van der Waals surface area (Å²) < 4.78 is 0. The zero-order valence-electron chi connectivity index (χ0n) is 12.7. The number of carbonyl (C=O) groups is 1. The minimum absolute atomic E-state index is 0.0500. The molecule has 0 saturated carbocycles. The van der Waals surface area contributed by atoms with Crippen LogP contribution in [0.5, 0.6) is 0 Å². The molecule has 0 aliphatic heterocycles. The number of benzene rings is 1. The van der Waals surface area contributed by atoms with Gasteiger partial charge >= 0.3 is 0 Å². The van der Waals surface area contributed by atoms with Crippen molar-refractivity contribution < 1.29 is 4.79 Å². The molecule has 106 valence electrons. The number of rotatable bonds is 5. The van der Waals surface area contributed by atoms with E-state index in [9.17, 15) is 4.79 Å². The van der Waals surface area contributed by atoms with Crippen LogP contribution in [0.3, 0.4) is 0 Å². The summed E-state index contributed by atoms with van der Waals surface area (Å²) in [5.74, 6) is 0.565. The SMILES string of the molecule is CC(C)c1ccc(NC(=O)CCNC(C)(C)C)cc1. The fourth-order valence-electron chi connectivity index (χ4n) is 1.73. The first-order valence-electron chi connectivity index (χ1n) is 6.93. The van der Waals surface area contributed by atoms with Crippen molar-refractivity contribution in [1.29, 1.82) is 0 Å². The quantitative estimate of drug-likeness (QED) is 0.852. The van der Waals surface area contributed by atoms with Crippen LogP contribution in [-0.4, -0.2) is 18.0 Å². The predicted molar refractivity (Wildman–Crippen MR) is 81.5 cm³/mol. The van der Waals surface area contributed by atoms with Gasteiger partial charge in [0.15, 0.2) is 0 Å². The molecule has 0 spiro atoms. The Balaban J connectivity index is 2.40. The highest BCUT2D eigenvalue weighted by molar-refractivity contribution is 5.90. The molecule has 1 aromatic rings. The first-order chi connectivity index (χ1) is 8.78. The lowest BCUT2D eigenvalue weighted by molar-refractivity contribution is -0.116. The normalized spacial score (nSPS) is 11.7. The standard InChI is InChI=1S/C16H26N2O/c1-12(2)13-6-8-14(9-7-13)18-15(19)10-11-17-16(3,4)5/h6-9,12,17H,10-11H2,1-5H3,(H,18,19). The fourth-order valence-corrected chi connectivity index (χ4v) is 1.73. The van der Waals surface area contributed by atoms with Crippen molar-refractivity contribution in [2.75, 3.05) is 11.9 Å². The third kappa shape index (κ3) is 6.39. The van der Waals surface area contributed by atoms with Gasteiger partial charge in [0.05, 0.1) is 0 Å². The number of nitrogens with one attached hydrogen (secondary N) is 2. The van der Waals surface area contributed by atoms with Crippen molar-refractivity contribution in [2.24, 2.45) is 0 Å². The number of anilines is 1. The van der Waals surface area contributed by atoms with E-state index in [-0.39, 0.29) is 11.4 Å². The summed E-state index contributed by atoms with van der Waals surface area (Å²) in [6.07, 6.45) is 0.489. The van der Waals surface area contributed by atoms with E-state index in [1.807, 2.05) is 12.1 Å². The predicted octanol–water partition coefficient (Wildman–Crippen LogP) is 3.53. The van der Waals surface area contributed by atoms with Crippen molar-refractivity contribution >= 4 is 11.6 Å². The van der Waals surface area contributed by atoms with Crippen molar-refractivity contribution in [3.63, 3.8) is 0 Å². The second kappa shape index (κ2) is 6.71. The van der Waals surface area contributed by atoms with Gasteiger partial charge in [0.25, 0.3) is 0 Å². The summed E-state index contributed by atoms with van der Waals surface area (Å²) in [5.41, 5.74) is 2.21. The van der Waals surface area contributed by atoms with Crippen LogP contribution in [0.15, 0.2) is 24.3 Å². The van der Waals surface area contributed by atoms with E-state index in [4.69, 9.17) is 0 Å². The maximum absolute atomic E-state index is 11.8. The van der Waals surface area contributed by atoms with Gasteiger partial charge in [-0.05, 0) is 44.4 Å². The maximum Gasteiger partial charge on any atom is 0.225 e. The van der Waals surface area contributed by atoms with E-state index < -0.39 is 0 Å². The second-order valence-electron chi connectivity index (χ2n) is 6.25. The molecule has 0 atom stereocenters. The number of carbonyl (C=O) groups excluding carboxylic acids is 1. The fraction of sp³-hybridized carbons (Fsp3) is 0.562. The van der Waals surface area contributed by atoms with E-state index in [0.29, 0.717) is 18.9 Å². The molecule has 2 N–H and O–H groups in total. The molecular formula is C16H26N2O. The molecule has 0 fully saturated rings. The lowest BCUT2D eigenvalue weighted by Gasteiger charge is -2.20. The lowest BCUT2D eigenvalue weighted by atomic mass is 10.0. The number of hydrogen-bond acceptors (Lipinski definition) is 2. The molecule has 3 heteroatoms. The largest absolute Gasteiger partial charge is 0.326 e. The number of amides is 1. The zero-order valence-corrected chi connectivity index (χ0v) is 12.7. The third-order valence-corrected chi connectivity index (χ3v) is 2.87. The molecule has 3 nitrogen and oxygen atoms in total. The average Bonchev–Trinajstić information content (AvgIpc) is 2.27. The summed E-state index contributed by atoms with van der Waals surface area (Å²) in [4.78, 5) is 11.8. The molecule has 0 aromatic heterocycles. The summed E-state index contributed by atoms with van der Waals surface area (Å²) in [6.45, 7) is 11.3. The Bertz CT molecular complexity index is 402. The van der Waals surface area contributed by atoms with Gasteiger partial charge < -0.3 is 10.6 Å². The first-order valence-corrected chi connectivity index (χ1v) is 6.93. The van der Waals surface area contributed by atoms with Crippen LogP contribution < -0.4 is 10.6 Å². The molecule has 0 radical (unpaired) electrons. The molecule has 0 heterocycles. The molecule has 1 aromatic carbocycles. The Morgan fingerprint density at radius 2 is 1.74 bits per heavy atom. The van der Waals surface area contributed by atoms with Crippen molar-refractivity contribution in [3.8, 4) is 0 Å². The monoisotopic (exact) mass is 262 g/mol. The topological polar surface area (TPSA) is 41.1 Å². The van der Waals surface area contributed by atoms with E-state index >= 15 is 0 Å². The van der Waals surface area contributed by atoms with Gasteiger partial charge in [-0.1, -0.05) is 26.0 Å². The van der Waals surface area contributed by atoms with Gasteiger partial charge in [0, 0.05) is 24.2 Å². The molecule has 0 bridgehead atoms. The Morgan fingerprint density at radius 1 is 1.16 bits per heavy atom. The Morgan fingerprint density at radius 3 is 2.21 bits per heavy atom. The highest BCUT2D eigenvalue weighted by Crippen LogP contribution is 2.17. The van der Waals surface area contributed by atoms with Crippen molar-refractivity contribution in [1.82, 2.24) is 5.32 Å². The van der Waals surface area contributed by atoms with Crippen LogP contribution >= 0.6 is 0 Å². The third-order valence-electron chi connectivity index (χ3n) is 2.87. The first kappa shape index (κ1) is 15.7. The lowest BCUT2D eigenvalue weighted by Crippen LogP contribution is -2.37. The number of hydrogen-bond donors (Lipinski definition) is 2. The van der Waals surface area contributed by atoms with Crippen LogP contribution in [0.1, 0.15) is 52.5 Å². The van der Waals surface area contributed by atoms with Gasteiger partial charge in [0.1, 0.15) is 0 Å². The highest BCUT2D eigenvalue weighted by Gasteiger charge is 2.09.